The predicted octanol–water partition coefficient (Wildman–Crippen LogP) is 4.89. The number of carbonyl (C=O) groups excluding carboxylic acids is 3. The third-order valence-corrected chi connectivity index (χ3v) is 8.18. The highest BCUT2D eigenvalue weighted by molar-refractivity contribution is 7.18. The Hall–Kier alpha value is -2.81. The van der Waals surface area contributed by atoms with E-state index in [9.17, 15) is 36.3 Å². The molecule has 1 saturated heterocycles. The van der Waals surface area contributed by atoms with Gasteiger partial charge in [-0.1, -0.05) is 18.0 Å². The van der Waals surface area contributed by atoms with Crippen molar-refractivity contribution in [1.29, 1.82) is 0 Å². The maximum absolute atomic E-state index is 14.1. The van der Waals surface area contributed by atoms with Gasteiger partial charge in [0.2, 0.25) is 5.91 Å². The lowest BCUT2D eigenvalue weighted by Gasteiger charge is -2.36. The number of ether oxygens (including phenoxy) is 1. The van der Waals surface area contributed by atoms with Gasteiger partial charge in [-0.05, 0) is 49.1 Å². The molecule has 1 atom stereocenters. The maximum atomic E-state index is 14.1. The molecule has 0 bridgehead atoms. The number of nitrogens with one attached hydrogen (secondary N) is 2. The van der Waals surface area contributed by atoms with E-state index in [4.69, 9.17) is 16.3 Å². The normalized spacial score (nSPS) is 17.1. The van der Waals surface area contributed by atoms with Gasteiger partial charge in [0.05, 0.1) is 33.6 Å². The Morgan fingerprint density at radius 2 is 1.95 bits per heavy atom. The second-order valence-corrected chi connectivity index (χ2v) is 11.5. The molecule has 15 heteroatoms. The molecule has 8 nitrogen and oxygen atoms in total. The monoisotopic (exact) mass is 622 g/mol. The SMILES string of the molecule is O=C(NC[C@@H](C(=O)Nc1ccc(N2CCOCC2=O)cc1C(F)(F)F)N(CC(F)F)CC1CCC1)c1ccc(Cl)s1. The van der Waals surface area contributed by atoms with E-state index in [-0.39, 0.29) is 42.8 Å². The van der Waals surface area contributed by atoms with E-state index in [1.54, 1.807) is 0 Å². The Labute approximate surface area is 241 Å². The van der Waals surface area contributed by atoms with Crippen molar-refractivity contribution in [2.45, 2.75) is 37.9 Å². The summed E-state index contributed by atoms with van der Waals surface area (Å²) in [5, 5.41) is 4.78. The number of hydrogen-bond donors (Lipinski definition) is 2. The molecule has 2 aromatic rings. The van der Waals surface area contributed by atoms with Gasteiger partial charge in [-0.2, -0.15) is 13.2 Å². The minimum Gasteiger partial charge on any atom is -0.370 e. The summed E-state index contributed by atoms with van der Waals surface area (Å²) >= 11 is 6.86. The molecule has 0 spiro atoms. The summed E-state index contributed by atoms with van der Waals surface area (Å²) in [7, 11) is 0. The summed E-state index contributed by atoms with van der Waals surface area (Å²) in [4.78, 5) is 40.9. The number of amides is 3. The Kier molecular flexibility index (Phi) is 10.2. The lowest BCUT2D eigenvalue weighted by molar-refractivity contribution is -0.137. The van der Waals surface area contributed by atoms with Gasteiger partial charge in [0.25, 0.3) is 18.2 Å². The molecule has 1 saturated carbocycles. The zero-order valence-electron chi connectivity index (χ0n) is 21.7. The summed E-state index contributed by atoms with van der Waals surface area (Å²) in [5.41, 5.74) is -1.83. The number of rotatable bonds is 11. The first-order valence-corrected chi connectivity index (χ1v) is 14.1. The minimum absolute atomic E-state index is 0.0219. The van der Waals surface area contributed by atoms with Crippen LogP contribution in [0.2, 0.25) is 4.34 Å². The van der Waals surface area contributed by atoms with Gasteiger partial charge in [0, 0.05) is 25.3 Å². The maximum Gasteiger partial charge on any atom is 0.418 e. The first-order valence-electron chi connectivity index (χ1n) is 12.9. The summed E-state index contributed by atoms with van der Waals surface area (Å²) in [6.07, 6.45) is -5.28. The lowest BCUT2D eigenvalue weighted by atomic mass is 9.85. The van der Waals surface area contributed by atoms with Gasteiger partial charge in [0.15, 0.2) is 0 Å². The first-order chi connectivity index (χ1) is 19.4. The molecule has 0 radical (unpaired) electrons. The van der Waals surface area contributed by atoms with E-state index in [1.807, 2.05) is 0 Å². The van der Waals surface area contributed by atoms with Crippen LogP contribution >= 0.6 is 22.9 Å². The molecule has 2 N–H and O–H groups in total. The highest BCUT2D eigenvalue weighted by Gasteiger charge is 2.37. The van der Waals surface area contributed by atoms with Crippen molar-refractivity contribution in [2.24, 2.45) is 5.92 Å². The van der Waals surface area contributed by atoms with Crippen LogP contribution in [0.4, 0.5) is 33.3 Å². The second-order valence-electron chi connectivity index (χ2n) is 9.79. The molecule has 41 heavy (non-hydrogen) atoms. The topological polar surface area (TPSA) is 91.0 Å². The summed E-state index contributed by atoms with van der Waals surface area (Å²) in [6.45, 7) is -1.18. The van der Waals surface area contributed by atoms with Gasteiger partial charge in [-0.15, -0.1) is 11.3 Å². The lowest BCUT2D eigenvalue weighted by Crippen LogP contribution is -2.54. The zero-order valence-corrected chi connectivity index (χ0v) is 23.3. The highest BCUT2D eigenvalue weighted by Crippen LogP contribution is 2.38. The van der Waals surface area contributed by atoms with E-state index in [0.29, 0.717) is 4.34 Å². The number of carbonyl (C=O) groups is 3. The number of benzene rings is 1. The Bertz CT molecular complexity index is 1260. The van der Waals surface area contributed by atoms with Crippen LogP contribution in [-0.2, 0) is 20.5 Å². The summed E-state index contributed by atoms with van der Waals surface area (Å²) < 4.78 is 74.8. The van der Waals surface area contributed by atoms with Crippen molar-refractivity contribution in [3.05, 3.63) is 45.1 Å². The smallest absolute Gasteiger partial charge is 0.370 e. The Morgan fingerprint density at radius 1 is 1.20 bits per heavy atom. The third-order valence-electron chi connectivity index (χ3n) is 6.95. The van der Waals surface area contributed by atoms with Gasteiger partial charge in [-0.3, -0.25) is 19.3 Å². The molecule has 4 rings (SSSR count). The van der Waals surface area contributed by atoms with Crippen LogP contribution in [0, 0.1) is 5.92 Å². The van der Waals surface area contributed by atoms with Crippen LogP contribution in [0.15, 0.2) is 30.3 Å². The molecule has 2 fully saturated rings. The van der Waals surface area contributed by atoms with Crippen molar-refractivity contribution in [2.75, 3.05) is 49.6 Å². The van der Waals surface area contributed by atoms with E-state index in [1.165, 1.54) is 23.1 Å². The Balaban J connectivity index is 1.60. The van der Waals surface area contributed by atoms with Crippen LogP contribution in [0.25, 0.3) is 0 Å². The Morgan fingerprint density at radius 3 is 2.54 bits per heavy atom. The predicted molar refractivity (Wildman–Crippen MR) is 144 cm³/mol. The number of morpholine rings is 1. The number of nitrogens with zero attached hydrogens (tertiary/aromatic N) is 2. The first kappa shape index (κ1) is 31.1. The standard InChI is InChI=1S/C26H28ClF5N4O4S/c27-21-7-6-20(41-21)25(39)33-11-19(35(13-22(28)29)12-15-2-1-3-15)24(38)34-18-5-4-16(10-17(18)26(30,31)32)36-8-9-40-14-23(36)37/h4-7,10,15,19,22H,1-3,8-9,11-14H2,(H,33,39)(H,34,38)/t19-/m0/s1. The van der Waals surface area contributed by atoms with Crippen LogP contribution < -0.4 is 15.5 Å². The molecule has 1 aliphatic carbocycles. The average Bonchev–Trinajstić information content (AvgIpc) is 3.32. The largest absolute Gasteiger partial charge is 0.418 e. The van der Waals surface area contributed by atoms with Crippen LogP contribution in [0.1, 0.15) is 34.5 Å². The van der Waals surface area contributed by atoms with Crippen molar-refractivity contribution < 1.29 is 41.1 Å². The van der Waals surface area contributed by atoms with E-state index < -0.39 is 60.7 Å². The van der Waals surface area contributed by atoms with Crippen molar-refractivity contribution >= 4 is 52.0 Å². The highest BCUT2D eigenvalue weighted by atomic mass is 35.5. The molecule has 224 valence electrons. The van der Waals surface area contributed by atoms with Crippen LogP contribution in [-0.4, -0.2) is 74.5 Å². The number of halogens is 6. The van der Waals surface area contributed by atoms with Gasteiger partial charge < -0.3 is 20.3 Å². The van der Waals surface area contributed by atoms with Crippen LogP contribution in [0.3, 0.4) is 0 Å². The molecule has 3 amide bonds. The molecular formula is C26H28ClF5N4O4S. The van der Waals surface area contributed by atoms with E-state index in [0.717, 1.165) is 47.6 Å². The molecule has 1 aromatic heterocycles. The average molecular weight is 623 g/mol. The zero-order chi connectivity index (χ0) is 29.7. The van der Waals surface area contributed by atoms with Crippen molar-refractivity contribution in [3.63, 3.8) is 0 Å². The number of thiophene rings is 1. The number of anilines is 2. The van der Waals surface area contributed by atoms with E-state index in [2.05, 4.69) is 10.6 Å². The van der Waals surface area contributed by atoms with Gasteiger partial charge in [0.1, 0.15) is 12.6 Å². The molecular weight excluding hydrogens is 595 g/mol. The molecule has 2 heterocycles. The molecule has 2 aliphatic rings. The van der Waals surface area contributed by atoms with Gasteiger partial charge in [-0.25, -0.2) is 8.78 Å². The summed E-state index contributed by atoms with van der Waals surface area (Å²) in [5.74, 6) is -2.06. The van der Waals surface area contributed by atoms with Crippen molar-refractivity contribution in [3.8, 4) is 0 Å². The van der Waals surface area contributed by atoms with Crippen molar-refractivity contribution in [1.82, 2.24) is 10.2 Å². The molecule has 1 aromatic carbocycles. The fourth-order valence-electron chi connectivity index (χ4n) is 4.66. The quantitative estimate of drug-likeness (QED) is 0.349. The number of alkyl halides is 5. The third kappa shape index (κ3) is 8.15. The fraction of sp³-hybridized carbons (Fsp3) is 0.500. The fourth-order valence-corrected chi connectivity index (χ4v) is 5.62. The number of hydrogen-bond acceptors (Lipinski definition) is 6. The molecule has 1 aliphatic heterocycles. The molecule has 0 unspecified atom stereocenters. The minimum atomic E-state index is -4.91. The van der Waals surface area contributed by atoms with E-state index >= 15 is 0 Å². The van der Waals surface area contributed by atoms with Gasteiger partial charge >= 0.3 is 6.18 Å². The second kappa shape index (κ2) is 13.4. The van der Waals surface area contributed by atoms with Crippen LogP contribution in [0.5, 0.6) is 0 Å². The summed E-state index contributed by atoms with van der Waals surface area (Å²) in [6, 6.07) is 4.59.